The summed E-state index contributed by atoms with van der Waals surface area (Å²) in [5.74, 6) is 0.0847. The van der Waals surface area contributed by atoms with Crippen LogP contribution < -0.4 is 5.32 Å². The fourth-order valence-electron chi connectivity index (χ4n) is 0.528. The molecule has 0 saturated carbocycles. The molecule has 1 heterocycles. The highest BCUT2D eigenvalue weighted by Crippen LogP contribution is 1.99. The average molecular weight is 148 g/mol. The van der Waals surface area contributed by atoms with Crippen molar-refractivity contribution < 1.29 is 4.79 Å². The molecular formula is C6H4N4O. The van der Waals surface area contributed by atoms with Gasteiger partial charge in [-0.05, 0) is 0 Å². The number of amides is 1. The Kier molecular flexibility index (Phi) is 2.13. The van der Waals surface area contributed by atoms with E-state index in [1.54, 1.807) is 6.07 Å². The predicted octanol–water partition coefficient (Wildman–Crippen LogP) is -0.0834. The van der Waals surface area contributed by atoms with Crippen LogP contribution in [0, 0.1) is 11.3 Å². The number of nitriles is 1. The van der Waals surface area contributed by atoms with Gasteiger partial charge in [0.15, 0.2) is 0 Å². The van der Waals surface area contributed by atoms with E-state index >= 15 is 0 Å². The van der Waals surface area contributed by atoms with Gasteiger partial charge >= 0.3 is 0 Å². The van der Waals surface area contributed by atoms with Gasteiger partial charge in [-0.1, -0.05) is 0 Å². The van der Waals surface area contributed by atoms with Crippen molar-refractivity contribution in [3.05, 3.63) is 18.2 Å². The van der Waals surface area contributed by atoms with Crippen LogP contribution in [-0.2, 0) is 4.79 Å². The van der Waals surface area contributed by atoms with Crippen LogP contribution in [-0.4, -0.2) is 16.4 Å². The number of nitrogens with one attached hydrogen (secondary N) is 1. The number of hydrogen-bond acceptors (Lipinski definition) is 4. The van der Waals surface area contributed by atoms with Gasteiger partial charge in [-0.15, -0.1) is 0 Å². The molecule has 1 rings (SSSR count). The van der Waals surface area contributed by atoms with Gasteiger partial charge in [0, 0.05) is 0 Å². The molecule has 0 aliphatic rings. The van der Waals surface area contributed by atoms with Gasteiger partial charge in [0.25, 0.3) is 0 Å². The summed E-state index contributed by atoms with van der Waals surface area (Å²) in [5, 5.41) is 10.6. The Labute approximate surface area is 62.7 Å². The van der Waals surface area contributed by atoms with Crippen LogP contribution >= 0.6 is 0 Å². The molecule has 11 heavy (non-hydrogen) atoms. The molecule has 0 radical (unpaired) electrons. The van der Waals surface area contributed by atoms with Crippen LogP contribution in [0.3, 0.4) is 0 Å². The van der Waals surface area contributed by atoms with E-state index in [4.69, 9.17) is 5.26 Å². The molecule has 0 unspecified atom stereocenters. The minimum Gasteiger partial charge on any atom is -0.326 e. The van der Waals surface area contributed by atoms with E-state index in [2.05, 4.69) is 15.3 Å². The van der Waals surface area contributed by atoms with Crippen LogP contribution in [0.5, 0.6) is 0 Å². The maximum Gasteiger partial charge on any atom is 0.232 e. The van der Waals surface area contributed by atoms with Gasteiger partial charge in [0.05, 0.1) is 18.1 Å². The van der Waals surface area contributed by atoms with Crippen molar-refractivity contribution in [2.24, 2.45) is 0 Å². The molecule has 0 atom stereocenters. The van der Waals surface area contributed by atoms with E-state index in [-0.39, 0.29) is 5.82 Å². The molecule has 0 fully saturated rings. The van der Waals surface area contributed by atoms with Crippen molar-refractivity contribution in [2.45, 2.75) is 0 Å². The third-order valence-corrected chi connectivity index (χ3v) is 0.977. The van der Waals surface area contributed by atoms with Crippen LogP contribution in [0.15, 0.2) is 12.4 Å². The average Bonchev–Trinajstić information content (AvgIpc) is 2.07. The fraction of sp³-hybridized carbons (Fsp3) is 0. The van der Waals surface area contributed by atoms with Gasteiger partial charge < -0.3 is 5.32 Å². The Bertz CT molecular complexity index is 286. The monoisotopic (exact) mass is 148 g/mol. The summed E-state index contributed by atoms with van der Waals surface area (Å²) in [6.07, 6.45) is 3.24. The van der Waals surface area contributed by atoms with E-state index in [0.717, 1.165) is 0 Å². The lowest BCUT2D eigenvalue weighted by Crippen LogP contribution is -1.96. The van der Waals surface area contributed by atoms with Gasteiger partial charge in [0.1, 0.15) is 6.07 Å². The number of anilines is 1. The SMILES string of the molecule is N#Cc1ncc(NC=O)cn1. The zero-order chi connectivity index (χ0) is 8.10. The van der Waals surface area contributed by atoms with Crippen molar-refractivity contribution in [2.75, 3.05) is 5.32 Å². The summed E-state index contributed by atoms with van der Waals surface area (Å²) in [5.41, 5.74) is 0.471. The Morgan fingerprint density at radius 2 is 2.18 bits per heavy atom. The van der Waals surface area contributed by atoms with E-state index in [1.165, 1.54) is 12.4 Å². The number of carbonyl (C=O) groups excluding carboxylic acids is 1. The minimum absolute atomic E-state index is 0.0847. The molecule has 1 amide bonds. The van der Waals surface area contributed by atoms with Crippen LogP contribution in [0.4, 0.5) is 5.69 Å². The summed E-state index contributed by atoms with van der Waals surface area (Å²) in [4.78, 5) is 17.1. The van der Waals surface area contributed by atoms with Crippen molar-refractivity contribution in [1.82, 2.24) is 9.97 Å². The highest BCUT2D eigenvalue weighted by atomic mass is 16.1. The Balaban J connectivity index is 2.84. The number of rotatable bonds is 2. The minimum atomic E-state index is 0.0847. The van der Waals surface area contributed by atoms with Crippen molar-refractivity contribution in [3.63, 3.8) is 0 Å². The van der Waals surface area contributed by atoms with Crippen LogP contribution in [0.2, 0.25) is 0 Å². The second kappa shape index (κ2) is 3.27. The quantitative estimate of drug-likeness (QED) is 0.595. The lowest BCUT2D eigenvalue weighted by Gasteiger charge is -1.93. The van der Waals surface area contributed by atoms with Gasteiger partial charge in [-0.3, -0.25) is 4.79 Å². The lowest BCUT2D eigenvalue weighted by atomic mass is 10.5. The smallest absolute Gasteiger partial charge is 0.232 e. The number of hydrogen-bond donors (Lipinski definition) is 1. The van der Waals surface area contributed by atoms with Crippen molar-refractivity contribution in [1.29, 1.82) is 5.26 Å². The van der Waals surface area contributed by atoms with Gasteiger partial charge in [0.2, 0.25) is 12.2 Å². The first-order valence-electron chi connectivity index (χ1n) is 2.79. The lowest BCUT2D eigenvalue weighted by molar-refractivity contribution is -0.105. The van der Waals surface area contributed by atoms with E-state index in [9.17, 15) is 4.79 Å². The number of aromatic nitrogens is 2. The van der Waals surface area contributed by atoms with Crippen molar-refractivity contribution >= 4 is 12.1 Å². The van der Waals surface area contributed by atoms with Crippen molar-refractivity contribution in [3.8, 4) is 6.07 Å². The van der Waals surface area contributed by atoms with Gasteiger partial charge in [-0.25, -0.2) is 9.97 Å². The molecule has 0 bridgehead atoms. The zero-order valence-corrected chi connectivity index (χ0v) is 5.48. The largest absolute Gasteiger partial charge is 0.326 e. The molecule has 0 aliphatic heterocycles. The van der Waals surface area contributed by atoms with Crippen LogP contribution in [0.25, 0.3) is 0 Å². The molecular weight excluding hydrogens is 144 g/mol. The van der Waals surface area contributed by atoms with E-state index in [1.807, 2.05) is 0 Å². The molecule has 0 spiro atoms. The molecule has 1 N–H and O–H groups in total. The Morgan fingerprint density at radius 1 is 1.55 bits per heavy atom. The normalized spacial score (nSPS) is 8.27. The van der Waals surface area contributed by atoms with E-state index in [0.29, 0.717) is 12.1 Å². The Morgan fingerprint density at radius 3 is 2.64 bits per heavy atom. The fourth-order valence-corrected chi connectivity index (χ4v) is 0.528. The summed E-state index contributed by atoms with van der Waals surface area (Å²) in [6.45, 7) is 0. The first-order chi connectivity index (χ1) is 5.36. The highest BCUT2D eigenvalue weighted by Gasteiger charge is 1.92. The van der Waals surface area contributed by atoms with E-state index < -0.39 is 0 Å². The number of nitrogens with zero attached hydrogens (tertiary/aromatic N) is 3. The summed E-state index contributed by atoms with van der Waals surface area (Å²) < 4.78 is 0. The summed E-state index contributed by atoms with van der Waals surface area (Å²) in [7, 11) is 0. The maximum atomic E-state index is 9.90. The topological polar surface area (TPSA) is 78.7 Å². The summed E-state index contributed by atoms with van der Waals surface area (Å²) in [6, 6.07) is 1.76. The molecule has 5 heteroatoms. The first kappa shape index (κ1) is 7.15. The summed E-state index contributed by atoms with van der Waals surface area (Å²) >= 11 is 0. The van der Waals surface area contributed by atoms with Crippen LogP contribution in [0.1, 0.15) is 5.82 Å². The molecule has 54 valence electrons. The second-order valence-electron chi connectivity index (χ2n) is 1.67. The zero-order valence-electron chi connectivity index (χ0n) is 5.48. The molecule has 1 aromatic heterocycles. The molecule has 0 aromatic carbocycles. The first-order valence-corrected chi connectivity index (χ1v) is 2.79. The number of carbonyl (C=O) groups is 1. The van der Waals surface area contributed by atoms with Gasteiger partial charge in [-0.2, -0.15) is 5.26 Å². The highest BCUT2D eigenvalue weighted by molar-refractivity contribution is 5.69. The maximum absolute atomic E-state index is 9.90. The molecule has 0 aliphatic carbocycles. The third kappa shape index (κ3) is 1.72. The third-order valence-electron chi connectivity index (χ3n) is 0.977. The molecule has 5 nitrogen and oxygen atoms in total. The molecule has 0 saturated heterocycles. The second-order valence-corrected chi connectivity index (χ2v) is 1.67. The standard InChI is InChI=1S/C6H4N4O/c7-1-6-8-2-5(3-9-6)10-4-11/h2-4H,(H,10,11). The molecule has 1 aromatic rings. The Hall–Kier alpha value is -1.96. The predicted molar refractivity (Wildman–Crippen MR) is 36.4 cm³/mol.